The van der Waals surface area contributed by atoms with Crippen LogP contribution >= 0.6 is 22.7 Å². The Morgan fingerprint density at radius 1 is 1.46 bits per heavy atom. The molecule has 0 bridgehead atoms. The van der Waals surface area contributed by atoms with Crippen molar-refractivity contribution in [3.63, 3.8) is 0 Å². The highest BCUT2D eigenvalue weighted by Crippen LogP contribution is 2.29. The standard InChI is InChI=1S/C8H9N3S2/c1-2-5-7(13-4-10-5)6-3-12-8(9)11-6/h3-4H,2H2,1H3,(H2,9,11). The third kappa shape index (κ3) is 1.57. The first-order valence-electron chi connectivity index (χ1n) is 3.95. The van der Waals surface area contributed by atoms with Crippen LogP contribution in [0, 0.1) is 0 Å². The first kappa shape index (κ1) is 8.65. The van der Waals surface area contributed by atoms with Crippen LogP contribution in [-0.2, 0) is 6.42 Å². The summed E-state index contributed by atoms with van der Waals surface area (Å²) >= 11 is 3.09. The van der Waals surface area contributed by atoms with Crippen molar-refractivity contribution < 1.29 is 0 Å². The number of hydrogen-bond acceptors (Lipinski definition) is 5. The van der Waals surface area contributed by atoms with E-state index in [0.29, 0.717) is 5.13 Å². The molecular weight excluding hydrogens is 202 g/mol. The first-order chi connectivity index (χ1) is 6.31. The normalized spacial score (nSPS) is 10.5. The number of nitrogens with zero attached hydrogens (tertiary/aromatic N) is 2. The topological polar surface area (TPSA) is 51.8 Å². The summed E-state index contributed by atoms with van der Waals surface area (Å²) < 4.78 is 0. The van der Waals surface area contributed by atoms with Crippen LogP contribution in [0.5, 0.6) is 0 Å². The van der Waals surface area contributed by atoms with Gasteiger partial charge in [-0.05, 0) is 6.42 Å². The van der Waals surface area contributed by atoms with Gasteiger partial charge in [0, 0.05) is 5.38 Å². The van der Waals surface area contributed by atoms with E-state index in [-0.39, 0.29) is 0 Å². The fourth-order valence-corrected chi connectivity index (χ4v) is 2.59. The summed E-state index contributed by atoms with van der Waals surface area (Å²) in [6.45, 7) is 2.09. The van der Waals surface area contributed by atoms with Gasteiger partial charge in [0.1, 0.15) is 0 Å². The van der Waals surface area contributed by atoms with Gasteiger partial charge in [0.05, 0.1) is 21.8 Å². The lowest BCUT2D eigenvalue weighted by molar-refractivity contribution is 1.06. The lowest BCUT2D eigenvalue weighted by Gasteiger charge is -1.93. The van der Waals surface area contributed by atoms with Gasteiger partial charge in [0.15, 0.2) is 5.13 Å². The van der Waals surface area contributed by atoms with E-state index in [0.717, 1.165) is 22.7 Å². The molecule has 13 heavy (non-hydrogen) atoms. The van der Waals surface area contributed by atoms with Gasteiger partial charge in [-0.2, -0.15) is 0 Å². The molecule has 5 heteroatoms. The molecule has 68 valence electrons. The predicted molar refractivity (Wildman–Crippen MR) is 57.0 cm³/mol. The number of hydrogen-bond donors (Lipinski definition) is 1. The third-order valence-corrected chi connectivity index (χ3v) is 3.30. The number of anilines is 1. The summed E-state index contributed by atoms with van der Waals surface area (Å²) in [4.78, 5) is 9.64. The van der Waals surface area contributed by atoms with E-state index in [1.54, 1.807) is 11.3 Å². The lowest BCUT2D eigenvalue weighted by Crippen LogP contribution is -1.85. The molecule has 0 aromatic carbocycles. The number of rotatable bonds is 2. The molecule has 0 fully saturated rings. The van der Waals surface area contributed by atoms with Crippen molar-refractivity contribution >= 4 is 27.8 Å². The maximum Gasteiger partial charge on any atom is 0.180 e. The minimum absolute atomic E-state index is 0.616. The molecule has 0 saturated heterocycles. The summed E-state index contributed by atoms with van der Waals surface area (Å²) in [5, 5.41) is 2.59. The summed E-state index contributed by atoms with van der Waals surface area (Å²) in [7, 11) is 0. The summed E-state index contributed by atoms with van der Waals surface area (Å²) in [5.41, 5.74) is 9.49. The molecule has 2 aromatic rings. The molecule has 3 nitrogen and oxygen atoms in total. The summed E-state index contributed by atoms with van der Waals surface area (Å²) in [6.07, 6.45) is 0.941. The summed E-state index contributed by atoms with van der Waals surface area (Å²) in [6, 6.07) is 0. The molecule has 0 radical (unpaired) electrons. The van der Waals surface area contributed by atoms with Gasteiger partial charge in [0.2, 0.25) is 0 Å². The zero-order chi connectivity index (χ0) is 9.26. The van der Waals surface area contributed by atoms with Gasteiger partial charge < -0.3 is 5.73 Å². The van der Waals surface area contributed by atoms with E-state index in [4.69, 9.17) is 5.73 Å². The molecule has 0 saturated carbocycles. The minimum atomic E-state index is 0.616. The molecule has 2 aromatic heterocycles. The van der Waals surface area contributed by atoms with Gasteiger partial charge in [-0.1, -0.05) is 6.92 Å². The number of thiazole rings is 2. The van der Waals surface area contributed by atoms with Gasteiger partial charge in [-0.15, -0.1) is 22.7 Å². The SMILES string of the molecule is CCc1ncsc1-c1csc(N)n1. The van der Waals surface area contributed by atoms with E-state index in [1.165, 1.54) is 11.3 Å². The van der Waals surface area contributed by atoms with E-state index in [9.17, 15) is 0 Å². The molecule has 0 unspecified atom stereocenters. The molecule has 2 rings (SSSR count). The van der Waals surface area contributed by atoms with Crippen LogP contribution in [0.2, 0.25) is 0 Å². The zero-order valence-electron chi connectivity index (χ0n) is 7.15. The van der Waals surface area contributed by atoms with Gasteiger partial charge >= 0.3 is 0 Å². The highest BCUT2D eigenvalue weighted by molar-refractivity contribution is 7.15. The highest BCUT2D eigenvalue weighted by Gasteiger charge is 2.09. The maximum absolute atomic E-state index is 5.57. The Balaban J connectivity index is 2.45. The molecule has 0 atom stereocenters. The Morgan fingerprint density at radius 2 is 2.31 bits per heavy atom. The predicted octanol–water partition coefficient (Wildman–Crippen LogP) is 2.41. The van der Waals surface area contributed by atoms with Crippen LogP contribution in [0.25, 0.3) is 10.6 Å². The smallest absolute Gasteiger partial charge is 0.180 e. The molecule has 2 heterocycles. The lowest BCUT2D eigenvalue weighted by atomic mass is 10.2. The second-order valence-electron chi connectivity index (χ2n) is 2.55. The fourth-order valence-electron chi connectivity index (χ4n) is 1.12. The van der Waals surface area contributed by atoms with Crippen molar-refractivity contribution in [2.24, 2.45) is 0 Å². The molecule has 0 aliphatic carbocycles. The van der Waals surface area contributed by atoms with Crippen molar-refractivity contribution in [1.82, 2.24) is 9.97 Å². The summed E-state index contributed by atoms with van der Waals surface area (Å²) in [5.74, 6) is 0. The van der Waals surface area contributed by atoms with E-state index >= 15 is 0 Å². The zero-order valence-corrected chi connectivity index (χ0v) is 8.78. The average molecular weight is 211 g/mol. The second kappa shape index (κ2) is 3.43. The Morgan fingerprint density at radius 3 is 2.92 bits per heavy atom. The molecule has 0 spiro atoms. The number of nitrogen functional groups attached to an aromatic ring is 1. The Labute approximate surface area is 84.3 Å². The Hall–Kier alpha value is -0.940. The highest BCUT2D eigenvalue weighted by atomic mass is 32.1. The van der Waals surface area contributed by atoms with E-state index in [2.05, 4.69) is 16.9 Å². The average Bonchev–Trinajstić information content (AvgIpc) is 2.71. The van der Waals surface area contributed by atoms with Crippen molar-refractivity contribution in [3.05, 3.63) is 16.6 Å². The largest absolute Gasteiger partial charge is 0.375 e. The van der Waals surface area contributed by atoms with Crippen LogP contribution in [-0.4, -0.2) is 9.97 Å². The number of nitrogens with two attached hydrogens (primary N) is 1. The van der Waals surface area contributed by atoms with Crippen molar-refractivity contribution in [2.45, 2.75) is 13.3 Å². The van der Waals surface area contributed by atoms with E-state index in [1.807, 2.05) is 10.9 Å². The molecule has 0 aliphatic rings. The van der Waals surface area contributed by atoms with Crippen molar-refractivity contribution in [3.8, 4) is 10.6 Å². The van der Waals surface area contributed by atoms with Crippen LogP contribution < -0.4 is 5.73 Å². The van der Waals surface area contributed by atoms with Crippen LogP contribution in [0.3, 0.4) is 0 Å². The van der Waals surface area contributed by atoms with Gasteiger partial charge in [-0.25, -0.2) is 9.97 Å². The van der Waals surface area contributed by atoms with Crippen molar-refractivity contribution in [2.75, 3.05) is 5.73 Å². The number of aromatic nitrogens is 2. The number of aryl methyl sites for hydroxylation is 1. The third-order valence-electron chi connectivity index (χ3n) is 1.73. The fraction of sp³-hybridized carbons (Fsp3) is 0.250. The molecule has 0 aliphatic heterocycles. The quantitative estimate of drug-likeness (QED) is 0.830. The molecule has 2 N–H and O–H groups in total. The van der Waals surface area contributed by atoms with Gasteiger partial charge in [0.25, 0.3) is 0 Å². The second-order valence-corrected chi connectivity index (χ2v) is 4.30. The maximum atomic E-state index is 5.57. The Kier molecular flexibility index (Phi) is 2.28. The van der Waals surface area contributed by atoms with Crippen LogP contribution in [0.4, 0.5) is 5.13 Å². The van der Waals surface area contributed by atoms with E-state index < -0.39 is 0 Å². The van der Waals surface area contributed by atoms with Crippen LogP contribution in [0.15, 0.2) is 10.9 Å². The molecule has 0 amide bonds. The van der Waals surface area contributed by atoms with Crippen LogP contribution in [0.1, 0.15) is 12.6 Å². The minimum Gasteiger partial charge on any atom is -0.375 e. The molecular formula is C8H9N3S2. The first-order valence-corrected chi connectivity index (χ1v) is 5.71. The van der Waals surface area contributed by atoms with Gasteiger partial charge in [-0.3, -0.25) is 0 Å². The Bertz CT molecular complexity index is 405. The van der Waals surface area contributed by atoms with Crippen molar-refractivity contribution in [1.29, 1.82) is 0 Å². The monoisotopic (exact) mass is 211 g/mol.